The second kappa shape index (κ2) is 6.93. The number of anilines is 1. The van der Waals surface area contributed by atoms with Crippen LogP contribution in [-0.4, -0.2) is 33.8 Å². The Morgan fingerprint density at radius 2 is 1.71 bits per heavy atom. The maximum atomic E-state index is 12.6. The average Bonchev–Trinajstić information content (AvgIpc) is 2.54. The Bertz CT molecular complexity index is 720. The number of carbonyl (C=O) groups excluding carboxylic acids is 1. The van der Waals surface area contributed by atoms with Gasteiger partial charge in [0.1, 0.15) is 11.4 Å². The second-order valence-corrected chi connectivity index (χ2v) is 6.80. The predicted molar refractivity (Wildman–Crippen MR) is 93.6 cm³/mol. The Kier molecular flexibility index (Phi) is 5.14. The number of benzene rings is 2. The molecule has 5 heteroatoms. The first kappa shape index (κ1) is 17.8. The zero-order chi connectivity index (χ0) is 17.9. The maximum absolute atomic E-state index is 12.6. The number of aliphatic hydroxyl groups is 1. The topological polar surface area (TPSA) is 89.8 Å². The lowest BCUT2D eigenvalue weighted by atomic mass is 9.87. The van der Waals surface area contributed by atoms with Gasteiger partial charge in [0, 0.05) is 5.56 Å². The molecular formula is C19H23NO4. The molecule has 0 saturated carbocycles. The fourth-order valence-electron chi connectivity index (χ4n) is 2.36. The molecule has 0 fully saturated rings. The highest BCUT2D eigenvalue weighted by atomic mass is 16.3. The van der Waals surface area contributed by atoms with E-state index in [1.54, 1.807) is 30.3 Å². The van der Waals surface area contributed by atoms with E-state index in [-0.39, 0.29) is 40.6 Å². The van der Waals surface area contributed by atoms with Gasteiger partial charge in [0.2, 0.25) is 0 Å². The molecule has 2 aromatic rings. The van der Waals surface area contributed by atoms with Crippen LogP contribution in [0.25, 0.3) is 0 Å². The summed E-state index contributed by atoms with van der Waals surface area (Å²) in [6.45, 7) is 5.59. The van der Waals surface area contributed by atoms with Gasteiger partial charge in [0.05, 0.1) is 18.2 Å². The van der Waals surface area contributed by atoms with E-state index in [0.29, 0.717) is 5.56 Å². The molecule has 1 atom stereocenters. The number of phenols is 2. The summed E-state index contributed by atoms with van der Waals surface area (Å²) in [5, 5.41) is 33.1. The molecule has 0 aliphatic rings. The van der Waals surface area contributed by atoms with E-state index >= 15 is 0 Å². The van der Waals surface area contributed by atoms with Crippen molar-refractivity contribution in [3.05, 3.63) is 53.6 Å². The molecule has 0 radical (unpaired) electrons. The van der Waals surface area contributed by atoms with Gasteiger partial charge in [-0.2, -0.15) is 0 Å². The second-order valence-electron chi connectivity index (χ2n) is 6.80. The van der Waals surface area contributed by atoms with Gasteiger partial charge in [-0.1, -0.05) is 51.1 Å². The van der Waals surface area contributed by atoms with Crippen LogP contribution in [0.3, 0.4) is 0 Å². The number of rotatable bonds is 5. The molecule has 0 amide bonds. The lowest BCUT2D eigenvalue weighted by Crippen LogP contribution is -2.37. The largest absolute Gasteiger partial charge is 0.506 e. The SMILES string of the molecule is CC(C)(C)C(CO)Nc1c(O)ccc(C(=O)c2ccccc2)c1O. The van der Waals surface area contributed by atoms with Crippen LogP contribution in [0.1, 0.15) is 36.7 Å². The van der Waals surface area contributed by atoms with Crippen molar-refractivity contribution in [2.75, 3.05) is 11.9 Å². The van der Waals surface area contributed by atoms with Gasteiger partial charge in [0.25, 0.3) is 0 Å². The van der Waals surface area contributed by atoms with Gasteiger partial charge < -0.3 is 20.6 Å². The fourth-order valence-corrected chi connectivity index (χ4v) is 2.36. The van der Waals surface area contributed by atoms with Crippen LogP contribution in [0, 0.1) is 5.41 Å². The third kappa shape index (κ3) is 3.68. The third-order valence-electron chi connectivity index (χ3n) is 3.98. The summed E-state index contributed by atoms with van der Waals surface area (Å²) in [6, 6.07) is 10.9. The highest BCUT2D eigenvalue weighted by Crippen LogP contribution is 2.39. The Balaban J connectivity index is 2.42. The normalized spacial score (nSPS) is 12.7. The van der Waals surface area contributed by atoms with Crippen molar-refractivity contribution in [3.8, 4) is 11.5 Å². The van der Waals surface area contributed by atoms with Gasteiger partial charge in [-0.25, -0.2) is 0 Å². The number of aromatic hydroxyl groups is 2. The van der Waals surface area contributed by atoms with Crippen molar-refractivity contribution in [2.24, 2.45) is 5.41 Å². The Morgan fingerprint density at radius 1 is 1.08 bits per heavy atom. The lowest BCUT2D eigenvalue weighted by molar-refractivity contribution is 0.103. The molecular weight excluding hydrogens is 306 g/mol. The first-order valence-corrected chi connectivity index (χ1v) is 7.77. The molecule has 0 spiro atoms. The Morgan fingerprint density at radius 3 is 2.25 bits per heavy atom. The zero-order valence-electron chi connectivity index (χ0n) is 14.1. The fraction of sp³-hybridized carbons (Fsp3) is 0.316. The van der Waals surface area contributed by atoms with Gasteiger partial charge in [-0.3, -0.25) is 4.79 Å². The van der Waals surface area contributed by atoms with E-state index < -0.39 is 6.04 Å². The molecule has 0 bridgehead atoms. The van der Waals surface area contributed by atoms with Crippen molar-refractivity contribution in [1.82, 2.24) is 0 Å². The van der Waals surface area contributed by atoms with E-state index in [1.165, 1.54) is 12.1 Å². The molecule has 0 heterocycles. The van der Waals surface area contributed by atoms with Crippen molar-refractivity contribution < 1.29 is 20.1 Å². The third-order valence-corrected chi connectivity index (χ3v) is 3.98. The summed E-state index contributed by atoms with van der Waals surface area (Å²) in [5.41, 5.74) is 0.268. The van der Waals surface area contributed by atoms with Crippen LogP contribution in [-0.2, 0) is 0 Å². The molecule has 2 aromatic carbocycles. The quantitative estimate of drug-likeness (QED) is 0.500. The Hall–Kier alpha value is -2.53. The van der Waals surface area contributed by atoms with Crippen LogP contribution < -0.4 is 5.32 Å². The van der Waals surface area contributed by atoms with Gasteiger partial charge >= 0.3 is 0 Å². The van der Waals surface area contributed by atoms with E-state index in [0.717, 1.165) is 0 Å². The first-order chi connectivity index (χ1) is 11.3. The van der Waals surface area contributed by atoms with E-state index in [9.17, 15) is 20.1 Å². The summed E-state index contributed by atoms with van der Waals surface area (Å²) in [5.74, 6) is -0.848. The smallest absolute Gasteiger partial charge is 0.196 e. The van der Waals surface area contributed by atoms with Crippen molar-refractivity contribution >= 4 is 11.5 Å². The highest BCUT2D eigenvalue weighted by Gasteiger charge is 2.27. The standard InChI is InChI=1S/C19H23NO4/c1-19(2,3)15(11-21)20-16-14(22)10-9-13(18(16)24)17(23)12-7-5-4-6-8-12/h4-10,15,20-22,24H,11H2,1-3H3. The highest BCUT2D eigenvalue weighted by molar-refractivity contribution is 6.11. The molecule has 0 aliphatic carbocycles. The predicted octanol–water partition coefficient (Wildman–Crippen LogP) is 3.15. The molecule has 2 rings (SSSR count). The number of nitrogens with one attached hydrogen (secondary N) is 1. The minimum atomic E-state index is -0.406. The summed E-state index contributed by atoms with van der Waals surface area (Å²) in [4.78, 5) is 12.6. The number of aliphatic hydroxyl groups excluding tert-OH is 1. The number of hydrogen-bond donors (Lipinski definition) is 4. The molecule has 4 N–H and O–H groups in total. The molecule has 24 heavy (non-hydrogen) atoms. The summed E-state index contributed by atoms with van der Waals surface area (Å²) in [7, 11) is 0. The monoisotopic (exact) mass is 329 g/mol. The summed E-state index contributed by atoms with van der Waals surface area (Å²) in [6.07, 6.45) is 0. The minimum Gasteiger partial charge on any atom is -0.506 e. The molecule has 0 aromatic heterocycles. The summed E-state index contributed by atoms with van der Waals surface area (Å²) < 4.78 is 0. The molecule has 5 nitrogen and oxygen atoms in total. The number of phenolic OH excluding ortho intramolecular Hbond substituents is 2. The zero-order valence-corrected chi connectivity index (χ0v) is 14.1. The van der Waals surface area contributed by atoms with Gasteiger partial charge in [-0.15, -0.1) is 0 Å². The van der Waals surface area contributed by atoms with Gasteiger partial charge in [-0.05, 0) is 17.5 Å². The molecule has 1 unspecified atom stereocenters. The maximum Gasteiger partial charge on any atom is 0.196 e. The number of carbonyl (C=O) groups is 1. The molecule has 0 saturated heterocycles. The van der Waals surface area contributed by atoms with Gasteiger partial charge in [0.15, 0.2) is 11.5 Å². The molecule has 0 aliphatic heterocycles. The first-order valence-electron chi connectivity index (χ1n) is 7.77. The van der Waals surface area contributed by atoms with E-state index in [1.807, 2.05) is 20.8 Å². The van der Waals surface area contributed by atoms with Crippen molar-refractivity contribution in [1.29, 1.82) is 0 Å². The van der Waals surface area contributed by atoms with Crippen LogP contribution in [0.4, 0.5) is 5.69 Å². The Labute approximate surface area is 141 Å². The lowest BCUT2D eigenvalue weighted by Gasteiger charge is -2.31. The number of ketones is 1. The molecule has 128 valence electrons. The van der Waals surface area contributed by atoms with Crippen LogP contribution >= 0.6 is 0 Å². The van der Waals surface area contributed by atoms with Crippen LogP contribution in [0.2, 0.25) is 0 Å². The van der Waals surface area contributed by atoms with Crippen LogP contribution in [0.15, 0.2) is 42.5 Å². The van der Waals surface area contributed by atoms with Crippen molar-refractivity contribution in [2.45, 2.75) is 26.8 Å². The minimum absolute atomic E-state index is 0.0470. The summed E-state index contributed by atoms with van der Waals surface area (Å²) >= 11 is 0. The average molecular weight is 329 g/mol. The van der Waals surface area contributed by atoms with E-state index in [4.69, 9.17) is 0 Å². The van der Waals surface area contributed by atoms with E-state index in [2.05, 4.69) is 5.32 Å². The van der Waals surface area contributed by atoms with Crippen LogP contribution in [0.5, 0.6) is 11.5 Å². The van der Waals surface area contributed by atoms with Crippen molar-refractivity contribution in [3.63, 3.8) is 0 Å². The number of hydrogen-bond acceptors (Lipinski definition) is 5.